The number of aliphatic hydroxyl groups excluding tert-OH is 1. The minimum Gasteiger partial charge on any atom is -0.493 e. The quantitative estimate of drug-likeness (QED) is 0.852. The molecule has 2 rings (SSSR count). The molecule has 1 heterocycles. The zero-order valence-electron chi connectivity index (χ0n) is 11.0. The van der Waals surface area contributed by atoms with Gasteiger partial charge in [-0.1, -0.05) is 13.0 Å². The molecule has 1 aliphatic rings. The van der Waals surface area contributed by atoms with E-state index in [2.05, 4.69) is 12.2 Å². The van der Waals surface area contributed by atoms with Crippen molar-refractivity contribution in [1.29, 1.82) is 0 Å². The fraction of sp³-hybridized carbons (Fsp3) is 0.571. The highest BCUT2D eigenvalue weighted by Gasteiger charge is 2.23. The Hall–Kier alpha value is -1.26. The molecule has 1 fully saturated rings. The average Bonchev–Trinajstić information content (AvgIpc) is 2.41. The van der Waals surface area contributed by atoms with Crippen molar-refractivity contribution in [2.24, 2.45) is 5.92 Å². The van der Waals surface area contributed by atoms with Crippen LogP contribution in [0.15, 0.2) is 18.2 Å². The van der Waals surface area contributed by atoms with Gasteiger partial charge in [0.25, 0.3) is 0 Å². The van der Waals surface area contributed by atoms with Gasteiger partial charge in [-0.2, -0.15) is 0 Å². The van der Waals surface area contributed by atoms with Crippen molar-refractivity contribution in [2.75, 3.05) is 20.2 Å². The van der Waals surface area contributed by atoms with E-state index < -0.39 is 0 Å². The zero-order valence-corrected chi connectivity index (χ0v) is 11.0. The van der Waals surface area contributed by atoms with Crippen LogP contribution in [-0.2, 0) is 6.61 Å². The lowest BCUT2D eigenvalue weighted by Gasteiger charge is -2.30. The van der Waals surface area contributed by atoms with Crippen LogP contribution >= 0.6 is 0 Å². The first-order valence-electron chi connectivity index (χ1n) is 6.39. The van der Waals surface area contributed by atoms with Gasteiger partial charge in [-0.15, -0.1) is 0 Å². The molecular formula is C14H21NO3. The number of methoxy groups -OCH3 is 1. The number of hydrogen-bond acceptors (Lipinski definition) is 4. The molecule has 1 saturated heterocycles. The summed E-state index contributed by atoms with van der Waals surface area (Å²) >= 11 is 0. The summed E-state index contributed by atoms with van der Waals surface area (Å²) in [6.07, 6.45) is 1.23. The molecule has 1 aromatic rings. The lowest BCUT2D eigenvalue weighted by atomic mass is 9.98. The molecule has 1 aliphatic heterocycles. The second-order valence-corrected chi connectivity index (χ2v) is 4.77. The van der Waals surface area contributed by atoms with Crippen LogP contribution < -0.4 is 14.8 Å². The molecule has 0 saturated carbocycles. The van der Waals surface area contributed by atoms with Crippen LogP contribution in [0.5, 0.6) is 11.5 Å². The van der Waals surface area contributed by atoms with Crippen molar-refractivity contribution in [3.8, 4) is 11.5 Å². The van der Waals surface area contributed by atoms with E-state index in [1.165, 1.54) is 0 Å². The van der Waals surface area contributed by atoms with Crippen molar-refractivity contribution < 1.29 is 14.6 Å². The summed E-state index contributed by atoms with van der Waals surface area (Å²) in [6, 6.07) is 5.56. The van der Waals surface area contributed by atoms with Crippen LogP contribution in [0.1, 0.15) is 18.9 Å². The Morgan fingerprint density at radius 2 is 2.22 bits per heavy atom. The monoisotopic (exact) mass is 251 g/mol. The number of ether oxygens (including phenoxy) is 2. The first-order chi connectivity index (χ1) is 8.74. The lowest BCUT2D eigenvalue weighted by molar-refractivity contribution is 0.108. The highest BCUT2D eigenvalue weighted by molar-refractivity contribution is 5.43. The summed E-state index contributed by atoms with van der Waals surface area (Å²) in [5, 5.41) is 12.5. The van der Waals surface area contributed by atoms with Crippen LogP contribution in [0.2, 0.25) is 0 Å². The maximum absolute atomic E-state index is 9.11. The third-order valence-corrected chi connectivity index (χ3v) is 3.40. The van der Waals surface area contributed by atoms with Gasteiger partial charge in [0.1, 0.15) is 6.10 Å². The fourth-order valence-electron chi connectivity index (χ4n) is 2.24. The summed E-state index contributed by atoms with van der Waals surface area (Å²) in [6.45, 7) is 4.18. The van der Waals surface area contributed by atoms with Gasteiger partial charge in [-0.05, 0) is 30.7 Å². The number of aliphatic hydroxyl groups is 1. The third-order valence-electron chi connectivity index (χ3n) is 3.40. The molecule has 0 radical (unpaired) electrons. The molecule has 0 bridgehead atoms. The third kappa shape index (κ3) is 2.94. The largest absolute Gasteiger partial charge is 0.493 e. The van der Waals surface area contributed by atoms with Gasteiger partial charge >= 0.3 is 0 Å². The molecule has 2 atom stereocenters. The molecule has 0 aliphatic carbocycles. The predicted molar refractivity (Wildman–Crippen MR) is 70.0 cm³/mol. The van der Waals surface area contributed by atoms with Crippen LogP contribution in [0.3, 0.4) is 0 Å². The molecule has 0 amide bonds. The maximum atomic E-state index is 9.11. The second kappa shape index (κ2) is 6.07. The summed E-state index contributed by atoms with van der Waals surface area (Å²) in [5.41, 5.74) is 0.831. The standard InChI is InChI=1S/C14H21NO3/c1-10-8-15-6-5-12(10)18-13-4-3-11(9-16)7-14(13)17-2/h3-4,7,10,12,15-16H,5-6,8-9H2,1-2H3. The molecule has 18 heavy (non-hydrogen) atoms. The molecule has 0 spiro atoms. The molecule has 2 N–H and O–H groups in total. The average molecular weight is 251 g/mol. The SMILES string of the molecule is COc1cc(CO)ccc1OC1CCNCC1C. The number of nitrogens with one attached hydrogen (secondary N) is 1. The normalized spacial score (nSPS) is 23.7. The van der Waals surface area contributed by atoms with Gasteiger partial charge in [0.15, 0.2) is 11.5 Å². The van der Waals surface area contributed by atoms with Gasteiger partial charge in [0.2, 0.25) is 0 Å². The highest BCUT2D eigenvalue weighted by atomic mass is 16.5. The number of benzene rings is 1. The minimum absolute atomic E-state index is 0.0143. The lowest BCUT2D eigenvalue weighted by Crippen LogP contribution is -2.41. The summed E-state index contributed by atoms with van der Waals surface area (Å²) in [7, 11) is 1.62. The number of piperidine rings is 1. The van der Waals surface area contributed by atoms with Gasteiger partial charge in [0.05, 0.1) is 13.7 Å². The van der Waals surface area contributed by atoms with Crippen LogP contribution in [0, 0.1) is 5.92 Å². The fourth-order valence-corrected chi connectivity index (χ4v) is 2.24. The van der Waals surface area contributed by atoms with Crippen molar-refractivity contribution in [3.05, 3.63) is 23.8 Å². The van der Waals surface area contributed by atoms with E-state index in [4.69, 9.17) is 14.6 Å². The van der Waals surface area contributed by atoms with Crippen molar-refractivity contribution >= 4 is 0 Å². The summed E-state index contributed by atoms with van der Waals surface area (Å²) in [4.78, 5) is 0. The summed E-state index contributed by atoms with van der Waals surface area (Å²) < 4.78 is 11.4. The molecule has 2 unspecified atom stereocenters. The first-order valence-corrected chi connectivity index (χ1v) is 6.39. The molecule has 0 aromatic heterocycles. The maximum Gasteiger partial charge on any atom is 0.161 e. The van der Waals surface area contributed by atoms with Gasteiger partial charge < -0.3 is 19.9 Å². The van der Waals surface area contributed by atoms with E-state index in [-0.39, 0.29) is 12.7 Å². The number of rotatable bonds is 4. The van der Waals surface area contributed by atoms with E-state index in [1.54, 1.807) is 7.11 Å². The van der Waals surface area contributed by atoms with Crippen LogP contribution in [0.25, 0.3) is 0 Å². The van der Waals surface area contributed by atoms with E-state index >= 15 is 0 Å². The van der Waals surface area contributed by atoms with Crippen molar-refractivity contribution in [1.82, 2.24) is 5.32 Å². The summed E-state index contributed by atoms with van der Waals surface area (Å²) in [5.74, 6) is 1.93. The highest BCUT2D eigenvalue weighted by Crippen LogP contribution is 2.31. The van der Waals surface area contributed by atoms with E-state index in [1.807, 2.05) is 18.2 Å². The predicted octanol–water partition coefficient (Wildman–Crippen LogP) is 1.56. The van der Waals surface area contributed by atoms with Gasteiger partial charge in [-0.25, -0.2) is 0 Å². The van der Waals surface area contributed by atoms with Crippen molar-refractivity contribution in [3.63, 3.8) is 0 Å². The van der Waals surface area contributed by atoms with Crippen molar-refractivity contribution in [2.45, 2.75) is 26.1 Å². The smallest absolute Gasteiger partial charge is 0.161 e. The Morgan fingerprint density at radius 1 is 1.39 bits per heavy atom. The van der Waals surface area contributed by atoms with Crippen LogP contribution in [-0.4, -0.2) is 31.4 Å². The molecular weight excluding hydrogens is 230 g/mol. The first kappa shape index (κ1) is 13.2. The Morgan fingerprint density at radius 3 is 2.89 bits per heavy atom. The molecule has 4 heteroatoms. The Bertz CT molecular complexity index is 395. The molecule has 4 nitrogen and oxygen atoms in total. The van der Waals surface area contributed by atoms with Gasteiger partial charge in [-0.3, -0.25) is 0 Å². The number of hydrogen-bond donors (Lipinski definition) is 2. The topological polar surface area (TPSA) is 50.7 Å². The molecule has 100 valence electrons. The minimum atomic E-state index is 0.0143. The Labute approximate surface area is 108 Å². The van der Waals surface area contributed by atoms with E-state index in [0.29, 0.717) is 11.7 Å². The van der Waals surface area contributed by atoms with E-state index in [9.17, 15) is 0 Å². The zero-order chi connectivity index (χ0) is 13.0. The molecule has 1 aromatic carbocycles. The van der Waals surface area contributed by atoms with E-state index in [0.717, 1.165) is 30.8 Å². The Balaban J connectivity index is 2.12. The Kier molecular flexibility index (Phi) is 4.44. The van der Waals surface area contributed by atoms with Crippen LogP contribution in [0.4, 0.5) is 0 Å². The second-order valence-electron chi connectivity index (χ2n) is 4.77. The van der Waals surface area contributed by atoms with Gasteiger partial charge in [0, 0.05) is 12.5 Å².